The Kier molecular flexibility index (Phi) is 9.01. The first-order valence-electron chi connectivity index (χ1n) is 10.8. The average molecular weight is 476 g/mol. The number of hydrogen-bond donors (Lipinski definition) is 3. The lowest BCUT2D eigenvalue weighted by Crippen LogP contribution is -2.28. The van der Waals surface area contributed by atoms with Crippen molar-refractivity contribution in [3.63, 3.8) is 0 Å². The predicted octanol–water partition coefficient (Wildman–Crippen LogP) is 4.50. The number of carbonyl (C=O) groups excluding carboxylic acids is 2. The van der Waals surface area contributed by atoms with Crippen LogP contribution in [0.3, 0.4) is 0 Å². The van der Waals surface area contributed by atoms with E-state index >= 15 is 0 Å². The Morgan fingerprint density at radius 2 is 1.58 bits per heavy atom. The number of ether oxygens (including phenoxy) is 1. The number of carbonyl (C=O) groups is 2. The van der Waals surface area contributed by atoms with Crippen LogP contribution in [0.1, 0.15) is 46.6 Å². The summed E-state index contributed by atoms with van der Waals surface area (Å²) in [6.45, 7) is 10.3. The monoisotopic (exact) mass is 475 g/mol. The van der Waals surface area contributed by atoms with Crippen molar-refractivity contribution >= 4 is 33.4 Å². The van der Waals surface area contributed by atoms with Crippen LogP contribution in [0.2, 0.25) is 0 Å². The molecule has 0 aliphatic heterocycles. The van der Waals surface area contributed by atoms with Crippen molar-refractivity contribution in [3.8, 4) is 0 Å². The molecule has 2 amide bonds. The van der Waals surface area contributed by atoms with Crippen molar-refractivity contribution in [2.24, 2.45) is 5.92 Å². The molecule has 2 rings (SSSR count). The van der Waals surface area contributed by atoms with Gasteiger partial charge in [-0.05, 0) is 47.2 Å². The standard InChI is InChI=1S/C24H33N3O5S/c1-17(2)16-32-23(29)27-20-8-6-7-19(15-20)26-22(28)13-14-25-33(30,31)21-11-9-18(10-12-21)24(3,4)5/h6-12,15,17,25H,13-14,16H2,1-5H3,(H,26,28)(H,27,29). The molecule has 2 aromatic rings. The van der Waals surface area contributed by atoms with Gasteiger partial charge in [-0.2, -0.15) is 0 Å². The van der Waals surface area contributed by atoms with Gasteiger partial charge in [-0.25, -0.2) is 17.9 Å². The lowest BCUT2D eigenvalue weighted by molar-refractivity contribution is -0.116. The molecular weight excluding hydrogens is 442 g/mol. The molecular formula is C24H33N3O5S. The van der Waals surface area contributed by atoms with E-state index in [4.69, 9.17) is 4.74 Å². The number of amides is 2. The lowest BCUT2D eigenvalue weighted by atomic mass is 9.87. The summed E-state index contributed by atoms with van der Waals surface area (Å²) >= 11 is 0. The minimum atomic E-state index is -3.71. The minimum Gasteiger partial charge on any atom is -0.449 e. The van der Waals surface area contributed by atoms with Crippen LogP contribution < -0.4 is 15.4 Å². The number of hydrogen-bond acceptors (Lipinski definition) is 5. The van der Waals surface area contributed by atoms with Crippen molar-refractivity contribution in [3.05, 3.63) is 54.1 Å². The molecule has 180 valence electrons. The molecule has 0 aromatic heterocycles. The van der Waals surface area contributed by atoms with E-state index in [-0.39, 0.29) is 35.1 Å². The average Bonchev–Trinajstić information content (AvgIpc) is 2.72. The molecule has 0 aliphatic rings. The number of sulfonamides is 1. The molecule has 0 unspecified atom stereocenters. The first kappa shape index (κ1) is 26.3. The quantitative estimate of drug-likeness (QED) is 0.494. The van der Waals surface area contributed by atoms with Crippen molar-refractivity contribution < 1.29 is 22.7 Å². The second-order valence-corrected chi connectivity index (χ2v) is 10.9. The number of rotatable bonds is 9. The summed E-state index contributed by atoms with van der Waals surface area (Å²) in [5.41, 5.74) is 1.91. The Bertz CT molecular complexity index is 1060. The smallest absolute Gasteiger partial charge is 0.411 e. The van der Waals surface area contributed by atoms with E-state index < -0.39 is 16.1 Å². The molecule has 0 radical (unpaired) electrons. The zero-order chi connectivity index (χ0) is 24.6. The van der Waals surface area contributed by atoms with Gasteiger partial charge in [0.15, 0.2) is 0 Å². The Morgan fingerprint density at radius 3 is 2.15 bits per heavy atom. The SMILES string of the molecule is CC(C)COC(=O)Nc1cccc(NC(=O)CCNS(=O)(=O)c2ccc(C(C)(C)C)cc2)c1. The molecule has 0 bridgehead atoms. The van der Waals surface area contributed by atoms with Crippen LogP contribution in [-0.2, 0) is 25.0 Å². The van der Waals surface area contributed by atoms with E-state index in [1.54, 1.807) is 48.5 Å². The zero-order valence-electron chi connectivity index (χ0n) is 19.8. The number of anilines is 2. The van der Waals surface area contributed by atoms with E-state index in [9.17, 15) is 18.0 Å². The fourth-order valence-corrected chi connectivity index (χ4v) is 3.84. The van der Waals surface area contributed by atoms with Gasteiger partial charge in [0, 0.05) is 24.3 Å². The third-order valence-electron chi connectivity index (χ3n) is 4.62. The van der Waals surface area contributed by atoms with E-state index in [0.29, 0.717) is 18.0 Å². The highest BCUT2D eigenvalue weighted by Crippen LogP contribution is 2.23. The summed E-state index contributed by atoms with van der Waals surface area (Å²) in [6.07, 6.45) is -0.620. The molecule has 0 spiro atoms. The van der Waals surface area contributed by atoms with Gasteiger partial charge >= 0.3 is 6.09 Å². The molecule has 0 fully saturated rings. The van der Waals surface area contributed by atoms with Crippen LogP contribution in [0.5, 0.6) is 0 Å². The summed E-state index contributed by atoms with van der Waals surface area (Å²) in [4.78, 5) is 24.2. The minimum absolute atomic E-state index is 0.0470. The fraction of sp³-hybridized carbons (Fsp3) is 0.417. The summed E-state index contributed by atoms with van der Waals surface area (Å²) in [5.74, 6) is -0.137. The third-order valence-corrected chi connectivity index (χ3v) is 6.09. The van der Waals surface area contributed by atoms with Gasteiger partial charge in [-0.15, -0.1) is 0 Å². The predicted molar refractivity (Wildman–Crippen MR) is 130 cm³/mol. The normalized spacial score (nSPS) is 11.8. The second kappa shape index (κ2) is 11.3. The number of benzene rings is 2. The van der Waals surface area contributed by atoms with E-state index in [1.165, 1.54) is 0 Å². The van der Waals surface area contributed by atoms with Gasteiger partial charge in [0.05, 0.1) is 11.5 Å². The summed E-state index contributed by atoms with van der Waals surface area (Å²) in [7, 11) is -3.71. The highest BCUT2D eigenvalue weighted by atomic mass is 32.2. The van der Waals surface area contributed by atoms with Crippen LogP contribution in [-0.4, -0.2) is 33.6 Å². The molecule has 0 aliphatic carbocycles. The van der Waals surface area contributed by atoms with Gasteiger partial charge in [0.1, 0.15) is 0 Å². The second-order valence-electron chi connectivity index (χ2n) is 9.17. The molecule has 33 heavy (non-hydrogen) atoms. The molecule has 0 heterocycles. The van der Waals surface area contributed by atoms with Gasteiger partial charge in [0.2, 0.25) is 15.9 Å². The van der Waals surface area contributed by atoms with E-state index in [2.05, 4.69) is 36.1 Å². The molecule has 0 saturated heterocycles. The van der Waals surface area contributed by atoms with Gasteiger partial charge in [-0.3, -0.25) is 10.1 Å². The Labute approximate surface area is 196 Å². The van der Waals surface area contributed by atoms with E-state index in [0.717, 1.165) is 5.56 Å². The molecule has 8 nitrogen and oxygen atoms in total. The maximum Gasteiger partial charge on any atom is 0.411 e. The summed E-state index contributed by atoms with van der Waals surface area (Å²) < 4.78 is 32.5. The maximum absolute atomic E-state index is 12.5. The largest absolute Gasteiger partial charge is 0.449 e. The molecule has 0 saturated carbocycles. The maximum atomic E-state index is 12.5. The molecule has 9 heteroatoms. The Morgan fingerprint density at radius 1 is 0.970 bits per heavy atom. The zero-order valence-corrected chi connectivity index (χ0v) is 20.6. The van der Waals surface area contributed by atoms with Gasteiger partial charge in [-0.1, -0.05) is 52.8 Å². The fourth-order valence-electron chi connectivity index (χ4n) is 2.81. The lowest BCUT2D eigenvalue weighted by Gasteiger charge is -2.19. The highest BCUT2D eigenvalue weighted by molar-refractivity contribution is 7.89. The summed E-state index contributed by atoms with van der Waals surface area (Å²) in [6, 6.07) is 13.3. The van der Waals surface area contributed by atoms with Gasteiger partial charge in [0.25, 0.3) is 0 Å². The molecule has 3 N–H and O–H groups in total. The van der Waals surface area contributed by atoms with Crippen LogP contribution in [0, 0.1) is 5.92 Å². The third kappa shape index (κ3) is 8.86. The van der Waals surface area contributed by atoms with Crippen LogP contribution in [0.4, 0.5) is 16.2 Å². The topological polar surface area (TPSA) is 114 Å². The molecule has 0 atom stereocenters. The van der Waals surface area contributed by atoms with Crippen LogP contribution >= 0.6 is 0 Å². The van der Waals surface area contributed by atoms with Gasteiger partial charge < -0.3 is 10.1 Å². The first-order chi connectivity index (χ1) is 15.4. The number of nitrogens with one attached hydrogen (secondary N) is 3. The summed E-state index contributed by atoms with van der Waals surface area (Å²) in [5, 5.41) is 5.29. The Balaban J connectivity index is 1.86. The van der Waals surface area contributed by atoms with Crippen molar-refractivity contribution in [1.82, 2.24) is 4.72 Å². The highest BCUT2D eigenvalue weighted by Gasteiger charge is 2.17. The van der Waals surface area contributed by atoms with Crippen molar-refractivity contribution in [2.75, 3.05) is 23.8 Å². The molecule has 2 aromatic carbocycles. The van der Waals surface area contributed by atoms with E-state index in [1.807, 2.05) is 13.8 Å². The first-order valence-corrected chi connectivity index (χ1v) is 12.3. The van der Waals surface area contributed by atoms with Crippen LogP contribution in [0.15, 0.2) is 53.4 Å². The van der Waals surface area contributed by atoms with Crippen LogP contribution in [0.25, 0.3) is 0 Å². The Hall–Kier alpha value is -2.91. The van der Waals surface area contributed by atoms with Crippen molar-refractivity contribution in [1.29, 1.82) is 0 Å². The van der Waals surface area contributed by atoms with Crippen molar-refractivity contribution in [2.45, 2.75) is 51.3 Å².